The molecule has 0 radical (unpaired) electrons. The molecule has 0 atom stereocenters. The van der Waals surface area contributed by atoms with Crippen LogP contribution in [-0.2, 0) is 10.0 Å². The number of nitrogens with zero attached hydrogens (tertiary/aromatic N) is 2. The number of hydrogen-bond donors (Lipinski definition) is 1. The first-order valence-corrected chi connectivity index (χ1v) is 7.92. The van der Waals surface area contributed by atoms with Gasteiger partial charge in [-0.2, -0.15) is 0 Å². The molecular weight excluding hydrogens is 370 g/mol. The van der Waals surface area contributed by atoms with Crippen molar-refractivity contribution in [3.63, 3.8) is 0 Å². The van der Waals surface area contributed by atoms with Crippen LogP contribution in [0.4, 0.5) is 5.82 Å². The molecule has 20 heavy (non-hydrogen) atoms. The summed E-state index contributed by atoms with van der Waals surface area (Å²) in [6.07, 6.45) is 1.17. The first-order chi connectivity index (χ1) is 9.42. The minimum Gasteiger partial charge on any atom is -0.495 e. The molecule has 0 unspecified atom stereocenters. The number of aromatic nitrogens is 2. The second-order valence-electron chi connectivity index (χ2n) is 3.63. The molecule has 0 aliphatic carbocycles. The summed E-state index contributed by atoms with van der Waals surface area (Å²) >= 11 is 8.91. The number of hydrogen-bond acceptors (Lipinski definition) is 5. The van der Waals surface area contributed by atoms with Gasteiger partial charge in [0.15, 0.2) is 0 Å². The highest BCUT2D eigenvalue weighted by molar-refractivity contribution is 9.10. The van der Waals surface area contributed by atoms with Crippen molar-refractivity contribution in [2.24, 2.45) is 0 Å². The summed E-state index contributed by atoms with van der Waals surface area (Å²) in [5.41, 5.74) is 0. The predicted octanol–water partition coefficient (Wildman–Crippen LogP) is 2.70. The molecule has 0 aliphatic heterocycles. The van der Waals surface area contributed by atoms with E-state index in [1.807, 2.05) is 0 Å². The van der Waals surface area contributed by atoms with Crippen molar-refractivity contribution in [2.75, 3.05) is 11.8 Å². The lowest BCUT2D eigenvalue weighted by Gasteiger charge is -2.11. The molecule has 1 heterocycles. The first kappa shape index (κ1) is 15.0. The van der Waals surface area contributed by atoms with Crippen LogP contribution in [0.25, 0.3) is 0 Å². The average Bonchev–Trinajstić information content (AvgIpc) is 2.38. The highest BCUT2D eigenvalue weighted by Gasteiger charge is 2.20. The Bertz CT molecular complexity index is 739. The number of rotatable bonds is 4. The molecule has 0 amide bonds. The van der Waals surface area contributed by atoms with Crippen molar-refractivity contribution in [1.29, 1.82) is 0 Å². The molecule has 2 rings (SSSR count). The van der Waals surface area contributed by atoms with Crippen LogP contribution < -0.4 is 9.46 Å². The average molecular weight is 379 g/mol. The highest BCUT2D eigenvalue weighted by atomic mass is 79.9. The van der Waals surface area contributed by atoms with Gasteiger partial charge in [-0.3, -0.25) is 4.72 Å². The van der Waals surface area contributed by atoms with Gasteiger partial charge in [-0.05, 0) is 18.2 Å². The zero-order valence-electron chi connectivity index (χ0n) is 10.2. The van der Waals surface area contributed by atoms with Gasteiger partial charge in [0.1, 0.15) is 27.9 Å². The van der Waals surface area contributed by atoms with Crippen LogP contribution in [0.5, 0.6) is 5.75 Å². The lowest BCUT2D eigenvalue weighted by molar-refractivity contribution is 0.403. The Balaban J connectivity index is 2.43. The Labute approximate surface area is 129 Å². The van der Waals surface area contributed by atoms with Crippen LogP contribution in [0.1, 0.15) is 0 Å². The molecule has 0 saturated carbocycles. The van der Waals surface area contributed by atoms with Crippen molar-refractivity contribution < 1.29 is 13.2 Å². The van der Waals surface area contributed by atoms with Gasteiger partial charge in [0.2, 0.25) is 0 Å². The molecule has 1 aromatic heterocycles. The quantitative estimate of drug-likeness (QED) is 0.827. The Hall–Kier alpha value is -1.38. The molecular formula is C11H9BrClN3O3S. The molecule has 106 valence electrons. The van der Waals surface area contributed by atoms with Crippen molar-refractivity contribution >= 4 is 43.4 Å². The molecule has 6 nitrogen and oxygen atoms in total. The Morgan fingerprint density at radius 2 is 2.05 bits per heavy atom. The fourth-order valence-corrected chi connectivity index (χ4v) is 3.30. The van der Waals surface area contributed by atoms with Crippen molar-refractivity contribution in [3.05, 3.63) is 40.2 Å². The SMILES string of the molecule is COc1ccc(Br)cc1S(=O)(=O)Nc1cc(Cl)ncn1. The first-order valence-electron chi connectivity index (χ1n) is 5.26. The topological polar surface area (TPSA) is 81.2 Å². The number of halogens is 2. The summed E-state index contributed by atoms with van der Waals surface area (Å²) in [6, 6.07) is 5.97. The zero-order chi connectivity index (χ0) is 14.8. The summed E-state index contributed by atoms with van der Waals surface area (Å²) < 4.78 is 32.6. The van der Waals surface area contributed by atoms with Gasteiger partial charge in [-0.15, -0.1) is 0 Å². The monoisotopic (exact) mass is 377 g/mol. The minimum absolute atomic E-state index is 0.0101. The maximum Gasteiger partial charge on any atom is 0.266 e. The van der Waals surface area contributed by atoms with E-state index < -0.39 is 10.0 Å². The van der Waals surface area contributed by atoms with Gasteiger partial charge in [0.05, 0.1) is 7.11 Å². The fraction of sp³-hybridized carbons (Fsp3) is 0.0909. The van der Waals surface area contributed by atoms with Crippen LogP contribution in [0, 0.1) is 0 Å². The molecule has 1 aromatic carbocycles. The second kappa shape index (κ2) is 5.94. The van der Waals surface area contributed by atoms with Crippen molar-refractivity contribution in [1.82, 2.24) is 9.97 Å². The van der Waals surface area contributed by atoms with Gasteiger partial charge >= 0.3 is 0 Å². The number of nitrogens with one attached hydrogen (secondary N) is 1. The predicted molar refractivity (Wildman–Crippen MR) is 78.5 cm³/mol. The Kier molecular flexibility index (Phi) is 4.46. The highest BCUT2D eigenvalue weighted by Crippen LogP contribution is 2.28. The Morgan fingerprint density at radius 1 is 1.30 bits per heavy atom. The van der Waals surface area contributed by atoms with E-state index >= 15 is 0 Å². The number of ether oxygens (including phenoxy) is 1. The third-order valence-corrected chi connectivity index (χ3v) is 4.36. The fourth-order valence-electron chi connectivity index (χ4n) is 1.44. The van der Waals surface area contributed by atoms with Gasteiger partial charge < -0.3 is 4.74 Å². The second-order valence-corrected chi connectivity index (χ2v) is 6.58. The van der Waals surface area contributed by atoms with E-state index in [9.17, 15) is 8.42 Å². The van der Waals surface area contributed by atoms with E-state index in [0.29, 0.717) is 4.47 Å². The Morgan fingerprint density at radius 3 is 2.70 bits per heavy atom. The minimum atomic E-state index is -3.85. The van der Waals surface area contributed by atoms with Gasteiger partial charge in [-0.25, -0.2) is 18.4 Å². The summed E-state index contributed by atoms with van der Waals surface area (Å²) in [6.45, 7) is 0. The van der Waals surface area contributed by atoms with Gasteiger partial charge in [-0.1, -0.05) is 27.5 Å². The molecule has 0 saturated heterocycles. The molecule has 2 aromatic rings. The van der Waals surface area contributed by atoms with Gasteiger partial charge in [0, 0.05) is 10.5 Å². The van der Waals surface area contributed by atoms with Crippen LogP contribution >= 0.6 is 27.5 Å². The normalized spacial score (nSPS) is 11.2. The number of benzene rings is 1. The smallest absolute Gasteiger partial charge is 0.266 e. The van der Waals surface area contributed by atoms with E-state index in [1.54, 1.807) is 12.1 Å². The van der Waals surface area contributed by atoms with E-state index in [4.69, 9.17) is 16.3 Å². The summed E-state index contributed by atoms with van der Waals surface area (Å²) in [7, 11) is -2.46. The molecule has 0 bridgehead atoms. The maximum atomic E-state index is 12.3. The van der Waals surface area contributed by atoms with E-state index in [2.05, 4.69) is 30.6 Å². The zero-order valence-corrected chi connectivity index (χ0v) is 13.3. The molecule has 9 heteroatoms. The van der Waals surface area contributed by atoms with Crippen LogP contribution in [-0.4, -0.2) is 25.5 Å². The maximum absolute atomic E-state index is 12.3. The van der Waals surface area contributed by atoms with Crippen LogP contribution in [0.15, 0.2) is 40.0 Å². The summed E-state index contributed by atoms with van der Waals surface area (Å²) in [4.78, 5) is 7.46. The van der Waals surface area contributed by atoms with Crippen molar-refractivity contribution in [2.45, 2.75) is 4.90 Å². The molecule has 0 spiro atoms. The standard InChI is InChI=1S/C11H9BrClN3O3S/c1-19-8-3-2-7(12)4-9(8)20(17,18)16-11-5-10(13)14-6-15-11/h2-6H,1H3,(H,14,15,16). The third kappa shape index (κ3) is 3.38. The van der Waals surface area contributed by atoms with E-state index in [-0.39, 0.29) is 21.6 Å². The lowest BCUT2D eigenvalue weighted by Crippen LogP contribution is -2.15. The molecule has 1 N–H and O–H groups in total. The van der Waals surface area contributed by atoms with Crippen molar-refractivity contribution in [3.8, 4) is 5.75 Å². The molecule has 0 fully saturated rings. The van der Waals surface area contributed by atoms with Crippen LogP contribution in [0.2, 0.25) is 5.15 Å². The third-order valence-electron chi connectivity index (χ3n) is 2.29. The summed E-state index contributed by atoms with van der Waals surface area (Å²) in [5.74, 6) is 0.299. The number of methoxy groups -OCH3 is 1. The molecule has 0 aliphatic rings. The van der Waals surface area contributed by atoms with E-state index in [0.717, 1.165) is 0 Å². The number of sulfonamides is 1. The lowest BCUT2D eigenvalue weighted by atomic mass is 10.3. The summed E-state index contributed by atoms with van der Waals surface area (Å²) in [5, 5.41) is 0.138. The largest absolute Gasteiger partial charge is 0.495 e. The van der Waals surface area contributed by atoms with Crippen LogP contribution in [0.3, 0.4) is 0 Å². The number of anilines is 1. The van der Waals surface area contributed by atoms with E-state index in [1.165, 1.54) is 25.6 Å². The van der Waals surface area contributed by atoms with Gasteiger partial charge in [0.25, 0.3) is 10.0 Å².